The summed E-state index contributed by atoms with van der Waals surface area (Å²) in [6.45, 7) is 0.921. The monoisotopic (exact) mass is 367 g/mol. The van der Waals surface area contributed by atoms with Crippen molar-refractivity contribution in [1.82, 2.24) is 4.90 Å². The molecule has 1 aromatic heterocycles. The lowest BCUT2D eigenvalue weighted by atomic mass is 10.1. The summed E-state index contributed by atoms with van der Waals surface area (Å²) in [5, 5.41) is 0.872. The fraction of sp³-hybridized carbons (Fsp3) is 0.286. The van der Waals surface area contributed by atoms with Crippen LogP contribution in [0.5, 0.6) is 0 Å². The van der Waals surface area contributed by atoms with Gasteiger partial charge in [0.25, 0.3) is 5.91 Å². The van der Waals surface area contributed by atoms with Crippen molar-refractivity contribution >= 4 is 54.9 Å². The number of halogens is 1. The first-order valence-electron chi connectivity index (χ1n) is 6.54. The molecule has 2 heterocycles. The molecule has 1 aromatic carbocycles. The van der Waals surface area contributed by atoms with Gasteiger partial charge in [-0.3, -0.25) is 9.59 Å². The zero-order valence-electron chi connectivity index (χ0n) is 11.1. The Bertz CT molecular complexity index is 743. The van der Waals surface area contributed by atoms with Crippen LogP contribution in [0.25, 0.3) is 10.1 Å². The lowest BCUT2D eigenvalue weighted by Crippen LogP contribution is -2.31. The predicted octanol–water partition coefficient (Wildman–Crippen LogP) is 2.19. The number of likely N-dealkylation sites (tertiary alicyclic amines) is 1. The Morgan fingerprint density at radius 1 is 1.38 bits per heavy atom. The summed E-state index contributed by atoms with van der Waals surface area (Å²) < 4.78 is 1.85. The molecule has 4 N–H and O–H groups in total. The van der Waals surface area contributed by atoms with Gasteiger partial charge >= 0.3 is 0 Å². The molecular weight excluding hydrogens is 354 g/mol. The number of hydrogen-bond donors (Lipinski definition) is 2. The number of thiophene rings is 1. The van der Waals surface area contributed by atoms with Crippen molar-refractivity contribution in [2.45, 2.75) is 6.42 Å². The number of primary amides is 1. The zero-order valence-corrected chi connectivity index (χ0v) is 13.5. The normalized spacial score (nSPS) is 18.3. The van der Waals surface area contributed by atoms with E-state index in [1.54, 1.807) is 4.90 Å². The van der Waals surface area contributed by atoms with Crippen LogP contribution in [0.4, 0.5) is 5.69 Å². The highest BCUT2D eigenvalue weighted by Crippen LogP contribution is 2.39. The number of amides is 2. The summed E-state index contributed by atoms with van der Waals surface area (Å²) in [4.78, 5) is 26.0. The molecule has 1 aliphatic heterocycles. The minimum atomic E-state index is -0.350. The van der Waals surface area contributed by atoms with E-state index >= 15 is 0 Å². The minimum absolute atomic E-state index is 0.121. The van der Waals surface area contributed by atoms with Gasteiger partial charge < -0.3 is 16.4 Å². The molecule has 1 unspecified atom stereocenters. The third kappa shape index (κ3) is 2.40. The van der Waals surface area contributed by atoms with Crippen LogP contribution < -0.4 is 11.5 Å². The van der Waals surface area contributed by atoms with E-state index in [0.29, 0.717) is 30.1 Å². The third-order valence-electron chi connectivity index (χ3n) is 3.77. The quantitative estimate of drug-likeness (QED) is 0.852. The Morgan fingerprint density at radius 2 is 2.14 bits per heavy atom. The molecule has 1 aliphatic rings. The van der Waals surface area contributed by atoms with E-state index in [2.05, 4.69) is 15.9 Å². The average molecular weight is 368 g/mol. The standard InChI is InChI=1S/C14H14BrN3O2S/c15-8-2-1-3-9-10(8)11(16)12(21-9)14(20)18-5-4-7(6-18)13(17)19/h1-3,7H,4-6,16H2,(H2,17,19). The number of anilines is 1. The molecule has 110 valence electrons. The molecule has 2 amide bonds. The first kappa shape index (κ1) is 14.3. The zero-order chi connectivity index (χ0) is 15.1. The van der Waals surface area contributed by atoms with Gasteiger partial charge in [0, 0.05) is 27.6 Å². The average Bonchev–Trinajstić information content (AvgIpc) is 3.04. The van der Waals surface area contributed by atoms with Gasteiger partial charge in [-0.05, 0) is 18.6 Å². The molecule has 21 heavy (non-hydrogen) atoms. The van der Waals surface area contributed by atoms with Crippen molar-refractivity contribution in [3.63, 3.8) is 0 Å². The Kier molecular flexibility index (Phi) is 3.62. The van der Waals surface area contributed by atoms with Crippen LogP contribution in [0.2, 0.25) is 0 Å². The van der Waals surface area contributed by atoms with E-state index in [1.807, 2.05) is 18.2 Å². The van der Waals surface area contributed by atoms with Gasteiger partial charge in [-0.1, -0.05) is 22.0 Å². The van der Waals surface area contributed by atoms with Gasteiger partial charge in [-0.25, -0.2) is 0 Å². The fourth-order valence-electron chi connectivity index (χ4n) is 2.61. The maximum atomic E-state index is 12.6. The number of carbonyl (C=O) groups is 2. The molecule has 1 atom stereocenters. The van der Waals surface area contributed by atoms with Crippen LogP contribution in [0.3, 0.4) is 0 Å². The summed E-state index contributed by atoms with van der Waals surface area (Å²) in [5.41, 5.74) is 11.9. The summed E-state index contributed by atoms with van der Waals surface area (Å²) in [5.74, 6) is -0.724. The number of hydrogen-bond acceptors (Lipinski definition) is 4. The van der Waals surface area contributed by atoms with E-state index in [-0.39, 0.29) is 17.7 Å². The maximum absolute atomic E-state index is 12.6. The summed E-state index contributed by atoms with van der Waals surface area (Å²) in [6, 6.07) is 5.75. The summed E-state index contributed by atoms with van der Waals surface area (Å²) >= 11 is 4.84. The van der Waals surface area contributed by atoms with E-state index in [9.17, 15) is 9.59 Å². The Morgan fingerprint density at radius 3 is 2.76 bits per heavy atom. The second-order valence-electron chi connectivity index (χ2n) is 5.10. The van der Waals surface area contributed by atoms with E-state index in [4.69, 9.17) is 11.5 Å². The van der Waals surface area contributed by atoms with E-state index in [1.165, 1.54) is 11.3 Å². The third-order valence-corrected chi connectivity index (χ3v) is 5.59. The molecule has 0 aliphatic carbocycles. The highest BCUT2D eigenvalue weighted by Gasteiger charge is 2.32. The molecule has 1 fully saturated rings. The van der Waals surface area contributed by atoms with Crippen molar-refractivity contribution in [3.8, 4) is 0 Å². The number of nitrogen functional groups attached to an aromatic ring is 1. The molecule has 5 nitrogen and oxygen atoms in total. The van der Waals surface area contributed by atoms with Crippen LogP contribution in [-0.4, -0.2) is 29.8 Å². The van der Waals surface area contributed by atoms with Gasteiger partial charge in [0.15, 0.2) is 0 Å². The van der Waals surface area contributed by atoms with Crippen molar-refractivity contribution < 1.29 is 9.59 Å². The number of carbonyl (C=O) groups excluding carboxylic acids is 2. The Balaban J connectivity index is 1.94. The Hall–Kier alpha value is -1.60. The second-order valence-corrected chi connectivity index (χ2v) is 7.00. The van der Waals surface area contributed by atoms with Crippen molar-refractivity contribution in [1.29, 1.82) is 0 Å². The summed E-state index contributed by atoms with van der Waals surface area (Å²) in [6.07, 6.45) is 0.621. The lowest BCUT2D eigenvalue weighted by Gasteiger charge is -2.15. The number of benzene rings is 1. The summed E-state index contributed by atoms with van der Waals surface area (Å²) in [7, 11) is 0. The maximum Gasteiger partial charge on any atom is 0.266 e. The Labute approximate surface area is 134 Å². The van der Waals surface area contributed by atoms with Crippen molar-refractivity contribution in [2.75, 3.05) is 18.8 Å². The minimum Gasteiger partial charge on any atom is -0.397 e. The molecule has 2 aromatic rings. The van der Waals surface area contributed by atoms with Gasteiger partial charge in [-0.2, -0.15) is 0 Å². The molecular formula is C14H14BrN3O2S. The largest absolute Gasteiger partial charge is 0.397 e. The number of nitrogens with zero attached hydrogens (tertiary/aromatic N) is 1. The number of nitrogens with two attached hydrogens (primary N) is 2. The van der Waals surface area contributed by atoms with Crippen LogP contribution in [0.1, 0.15) is 16.1 Å². The molecule has 0 saturated carbocycles. The molecule has 3 rings (SSSR count). The molecule has 0 spiro atoms. The number of rotatable bonds is 2. The smallest absolute Gasteiger partial charge is 0.266 e. The predicted molar refractivity (Wildman–Crippen MR) is 87.1 cm³/mol. The highest BCUT2D eigenvalue weighted by atomic mass is 79.9. The van der Waals surface area contributed by atoms with Gasteiger partial charge in [0.2, 0.25) is 5.91 Å². The molecule has 0 bridgehead atoms. The van der Waals surface area contributed by atoms with Gasteiger partial charge in [-0.15, -0.1) is 11.3 Å². The lowest BCUT2D eigenvalue weighted by molar-refractivity contribution is -0.121. The van der Waals surface area contributed by atoms with Crippen LogP contribution in [0, 0.1) is 5.92 Å². The van der Waals surface area contributed by atoms with Gasteiger partial charge in [0.1, 0.15) is 4.88 Å². The van der Waals surface area contributed by atoms with Crippen LogP contribution >= 0.6 is 27.3 Å². The topological polar surface area (TPSA) is 89.4 Å². The van der Waals surface area contributed by atoms with E-state index < -0.39 is 0 Å². The molecule has 7 heteroatoms. The SMILES string of the molecule is NC(=O)C1CCN(C(=O)c2sc3cccc(Br)c3c2N)C1. The highest BCUT2D eigenvalue weighted by molar-refractivity contribution is 9.10. The van der Waals surface area contributed by atoms with Crippen molar-refractivity contribution in [3.05, 3.63) is 27.5 Å². The fourth-order valence-corrected chi connectivity index (χ4v) is 4.44. The molecule has 1 saturated heterocycles. The second kappa shape index (κ2) is 5.31. The first-order valence-corrected chi connectivity index (χ1v) is 8.15. The van der Waals surface area contributed by atoms with E-state index in [0.717, 1.165) is 14.6 Å². The first-order chi connectivity index (χ1) is 9.99. The van der Waals surface area contributed by atoms with Crippen LogP contribution in [0.15, 0.2) is 22.7 Å². The molecule has 0 radical (unpaired) electrons. The van der Waals surface area contributed by atoms with Gasteiger partial charge in [0.05, 0.1) is 11.6 Å². The van der Waals surface area contributed by atoms with Crippen LogP contribution in [-0.2, 0) is 4.79 Å². The number of fused-ring (bicyclic) bond motifs is 1. The van der Waals surface area contributed by atoms with Crippen molar-refractivity contribution in [2.24, 2.45) is 11.7 Å².